The summed E-state index contributed by atoms with van der Waals surface area (Å²) >= 11 is 7.67. The molecule has 0 bridgehead atoms. The molecule has 2 rings (SSSR count). The van der Waals surface area contributed by atoms with Gasteiger partial charge >= 0.3 is 0 Å². The molecule has 0 aliphatic heterocycles. The van der Waals surface area contributed by atoms with Gasteiger partial charge in [-0.25, -0.2) is 0 Å². The second kappa shape index (κ2) is 7.26. The SMILES string of the molecule is CC(C)NC(=O)/C(C#N)=C\c1ccc(-c2ccccc2Cl)s1. The fourth-order valence-electron chi connectivity index (χ4n) is 1.87. The maximum absolute atomic E-state index is 11.9. The van der Waals surface area contributed by atoms with Crippen molar-refractivity contribution in [2.75, 3.05) is 0 Å². The van der Waals surface area contributed by atoms with Crippen LogP contribution in [-0.2, 0) is 4.79 Å². The Labute approximate surface area is 138 Å². The normalized spacial score (nSPS) is 11.3. The summed E-state index contributed by atoms with van der Waals surface area (Å²) in [6, 6.07) is 13.3. The van der Waals surface area contributed by atoms with Crippen LogP contribution in [0.2, 0.25) is 5.02 Å². The van der Waals surface area contributed by atoms with Crippen LogP contribution in [0.3, 0.4) is 0 Å². The molecule has 5 heteroatoms. The fourth-order valence-corrected chi connectivity index (χ4v) is 3.15. The number of rotatable bonds is 4. The highest BCUT2D eigenvalue weighted by molar-refractivity contribution is 7.16. The van der Waals surface area contributed by atoms with E-state index >= 15 is 0 Å². The maximum Gasteiger partial charge on any atom is 0.262 e. The van der Waals surface area contributed by atoms with Crippen LogP contribution < -0.4 is 5.32 Å². The van der Waals surface area contributed by atoms with Gasteiger partial charge in [0, 0.05) is 26.4 Å². The van der Waals surface area contributed by atoms with Gasteiger partial charge in [0.05, 0.1) is 0 Å². The zero-order valence-corrected chi connectivity index (χ0v) is 13.8. The first-order valence-corrected chi connectivity index (χ1v) is 7.98. The summed E-state index contributed by atoms with van der Waals surface area (Å²) in [6.45, 7) is 3.71. The molecule has 0 aliphatic carbocycles. The minimum absolute atomic E-state index is 0.00808. The number of thiophene rings is 1. The van der Waals surface area contributed by atoms with Crippen LogP contribution in [0.15, 0.2) is 42.0 Å². The lowest BCUT2D eigenvalue weighted by molar-refractivity contribution is -0.117. The smallest absolute Gasteiger partial charge is 0.262 e. The Morgan fingerprint density at radius 2 is 2.05 bits per heavy atom. The van der Waals surface area contributed by atoms with E-state index in [1.54, 1.807) is 6.08 Å². The van der Waals surface area contributed by atoms with Crippen molar-refractivity contribution in [3.05, 3.63) is 51.9 Å². The van der Waals surface area contributed by atoms with E-state index in [4.69, 9.17) is 16.9 Å². The number of halogens is 1. The number of hydrogen-bond acceptors (Lipinski definition) is 3. The molecule has 1 aromatic carbocycles. The molecule has 1 amide bonds. The summed E-state index contributed by atoms with van der Waals surface area (Å²) in [6.07, 6.45) is 1.60. The average Bonchev–Trinajstić information content (AvgIpc) is 2.92. The molecule has 2 aromatic rings. The number of carbonyl (C=O) groups is 1. The van der Waals surface area contributed by atoms with Crippen LogP contribution >= 0.6 is 22.9 Å². The van der Waals surface area contributed by atoms with Gasteiger partial charge in [0.2, 0.25) is 0 Å². The van der Waals surface area contributed by atoms with Gasteiger partial charge in [-0.05, 0) is 38.1 Å². The Bertz CT molecular complexity index is 756. The predicted octanol–water partition coefficient (Wildman–Crippen LogP) is 4.50. The van der Waals surface area contributed by atoms with Gasteiger partial charge in [-0.1, -0.05) is 29.8 Å². The lowest BCUT2D eigenvalue weighted by Crippen LogP contribution is -2.30. The molecule has 0 aliphatic rings. The van der Waals surface area contributed by atoms with Crippen LogP contribution in [0.4, 0.5) is 0 Å². The third-order valence-corrected chi connectivity index (χ3v) is 4.23. The number of hydrogen-bond donors (Lipinski definition) is 1. The van der Waals surface area contributed by atoms with E-state index in [2.05, 4.69) is 5.32 Å². The monoisotopic (exact) mass is 330 g/mol. The van der Waals surface area contributed by atoms with Crippen molar-refractivity contribution in [3.8, 4) is 16.5 Å². The molecular weight excluding hydrogens is 316 g/mol. The summed E-state index contributed by atoms with van der Waals surface area (Å²) in [5.41, 5.74) is 1.04. The van der Waals surface area contributed by atoms with Crippen LogP contribution in [0.25, 0.3) is 16.5 Å². The van der Waals surface area contributed by atoms with Crippen molar-refractivity contribution in [1.82, 2.24) is 5.32 Å². The van der Waals surface area contributed by atoms with Crippen molar-refractivity contribution in [1.29, 1.82) is 5.26 Å². The van der Waals surface area contributed by atoms with Crippen LogP contribution in [0, 0.1) is 11.3 Å². The summed E-state index contributed by atoms with van der Waals surface area (Å²) in [5, 5.41) is 12.5. The number of nitrogens with zero attached hydrogens (tertiary/aromatic N) is 1. The number of nitriles is 1. The van der Waals surface area contributed by atoms with Gasteiger partial charge in [0.25, 0.3) is 5.91 Å². The molecule has 1 N–H and O–H groups in total. The molecule has 0 unspecified atom stereocenters. The minimum Gasteiger partial charge on any atom is -0.349 e. The first-order chi connectivity index (χ1) is 10.5. The molecule has 0 saturated heterocycles. The lowest BCUT2D eigenvalue weighted by atomic mass is 10.2. The molecule has 0 saturated carbocycles. The van der Waals surface area contributed by atoms with Gasteiger partial charge < -0.3 is 5.32 Å². The lowest BCUT2D eigenvalue weighted by Gasteiger charge is -2.06. The highest BCUT2D eigenvalue weighted by Crippen LogP contribution is 2.33. The second-order valence-electron chi connectivity index (χ2n) is 4.98. The van der Waals surface area contributed by atoms with Crippen molar-refractivity contribution in [2.24, 2.45) is 0 Å². The summed E-state index contributed by atoms with van der Waals surface area (Å²) < 4.78 is 0. The van der Waals surface area contributed by atoms with Crippen molar-refractivity contribution in [3.63, 3.8) is 0 Å². The van der Waals surface area contributed by atoms with Crippen molar-refractivity contribution in [2.45, 2.75) is 19.9 Å². The molecule has 0 fully saturated rings. The second-order valence-corrected chi connectivity index (χ2v) is 6.50. The Hall–Kier alpha value is -2.09. The maximum atomic E-state index is 11.9. The molecular formula is C17H15ClN2OS. The number of amides is 1. The van der Waals surface area contributed by atoms with Crippen LogP contribution in [-0.4, -0.2) is 11.9 Å². The molecule has 0 atom stereocenters. The van der Waals surface area contributed by atoms with Gasteiger partial charge in [-0.15, -0.1) is 11.3 Å². The molecule has 1 aromatic heterocycles. The van der Waals surface area contributed by atoms with E-state index in [0.717, 1.165) is 15.3 Å². The molecule has 0 radical (unpaired) electrons. The van der Waals surface area contributed by atoms with Crippen molar-refractivity contribution >= 4 is 34.9 Å². The zero-order valence-electron chi connectivity index (χ0n) is 12.3. The number of nitrogens with one attached hydrogen (secondary N) is 1. The summed E-state index contributed by atoms with van der Waals surface area (Å²) in [5.74, 6) is -0.356. The Morgan fingerprint density at radius 3 is 2.68 bits per heavy atom. The van der Waals surface area contributed by atoms with E-state index in [1.165, 1.54) is 11.3 Å². The van der Waals surface area contributed by atoms with Gasteiger partial charge in [-0.2, -0.15) is 5.26 Å². The Morgan fingerprint density at radius 1 is 1.32 bits per heavy atom. The fraction of sp³-hybridized carbons (Fsp3) is 0.176. The van der Waals surface area contributed by atoms with E-state index < -0.39 is 0 Å². The first kappa shape index (κ1) is 16.3. The van der Waals surface area contributed by atoms with Gasteiger partial charge in [0.15, 0.2) is 0 Å². The summed E-state index contributed by atoms with van der Waals surface area (Å²) in [4.78, 5) is 13.7. The van der Waals surface area contributed by atoms with E-state index in [0.29, 0.717) is 5.02 Å². The molecule has 3 nitrogen and oxygen atoms in total. The molecule has 22 heavy (non-hydrogen) atoms. The minimum atomic E-state index is -0.356. The highest BCUT2D eigenvalue weighted by Gasteiger charge is 2.11. The Kier molecular flexibility index (Phi) is 5.37. The highest BCUT2D eigenvalue weighted by atomic mass is 35.5. The Balaban J connectivity index is 2.28. The largest absolute Gasteiger partial charge is 0.349 e. The third-order valence-electron chi connectivity index (χ3n) is 2.84. The quantitative estimate of drug-likeness (QED) is 0.662. The molecule has 1 heterocycles. The van der Waals surface area contributed by atoms with E-state index in [-0.39, 0.29) is 17.5 Å². The van der Waals surface area contributed by atoms with E-state index in [9.17, 15) is 4.79 Å². The first-order valence-electron chi connectivity index (χ1n) is 6.78. The zero-order chi connectivity index (χ0) is 16.1. The van der Waals surface area contributed by atoms with Gasteiger partial charge in [0.1, 0.15) is 11.6 Å². The standard InChI is InChI=1S/C17H15ClN2OS/c1-11(2)20-17(21)12(10-19)9-13-7-8-16(22-13)14-5-3-4-6-15(14)18/h3-9,11H,1-2H3,(H,20,21)/b12-9-. The van der Waals surface area contributed by atoms with Crippen molar-refractivity contribution < 1.29 is 4.79 Å². The molecule has 112 valence electrons. The van der Waals surface area contributed by atoms with Gasteiger partial charge in [-0.3, -0.25) is 4.79 Å². The average molecular weight is 331 g/mol. The third kappa shape index (κ3) is 3.97. The number of benzene rings is 1. The number of carbonyl (C=O) groups excluding carboxylic acids is 1. The van der Waals surface area contributed by atoms with Crippen LogP contribution in [0.5, 0.6) is 0 Å². The van der Waals surface area contributed by atoms with Crippen LogP contribution in [0.1, 0.15) is 18.7 Å². The predicted molar refractivity (Wildman–Crippen MR) is 91.6 cm³/mol. The summed E-state index contributed by atoms with van der Waals surface area (Å²) in [7, 11) is 0. The molecule has 0 spiro atoms. The van der Waals surface area contributed by atoms with E-state index in [1.807, 2.05) is 56.3 Å². The topological polar surface area (TPSA) is 52.9 Å².